The number of ether oxygens (including phenoxy) is 2. The number of hydrogen-bond acceptors (Lipinski definition) is 6. The van der Waals surface area contributed by atoms with E-state index in [0.29, 0.717) is 28.6 Å². The SMILES string of the molecule is Cc1cc(C2(C)NC(=O)N(CC(=O)NCc3ccc4c(c3)OCO4)C2=O)c(C)o1. The van der Waals surface area contributed by atoms with Gasteiger partial charge < -0.3 is 24.5 Å². The van der Waals surface area contributed by atoms with Crippen molar-refractivity contribution in [3.8, 4) is 11.5 Å². The highest BCUT2D eigenvalue weighted by Gasteiger charge is 2.51. The summed E-state index contributed by atoms with van der Waals surface area (Å²) >= 11 is 0. The zero-order valence-electron chi connectivity index (χ0n) is 16.3. The summed E-state index contributed by atoms with van der Waals surface area (Å²) in [5, 5.41) is 5.39. The number of aryl methyl sites for hydroxylation is 2. The van der Waals surface area contributed by atoms with E-state index >= 15 is 0 Å². The molecule has 3 heterocycles. The third kappa shape index (κ3) is 3.28. The molecular formula is C20H21N3O6. The molecule has 1 aromatic heterocycles. The van der Waals surface area contributed by atoms with E-state index in [9.17, 15) is 14.4 Å². The van der Waals surface area contributed by atoms with Crippen molar-refractivity contribution in [1.82, 2.24) is 15.5 Å². The number of urea groups is 1. The van der Waals surface area contributed by atoms with E-state index in [1.165, 1.54) is 0 Å². The van der Waals surface area contributed by atoms with Crippen LogP contribution in [0.2, 0.25) is 0 Å². The van der Waals surface area contributed by atoms with Gasteiger partial charge >= 0.3 is 6.03 Å². The minimum Gasteiger partial charge on any atom is -0.466 e. The Balaban J connectivity index is 1.41. The first-order valence-corrected chi connectivity index (χ1v) is 9.15. The maximum absolute atomic E-state index is 12.9. The molecule has 1 atom stereocenters. The Labute approximate surface area is 166 Å². The minimum atomic E-state index is -1.27. The summed E-state index contributed by atoms with van der Waals surface area (Å²) in [5.74, 6) is 1.52. The van der Waals surface area contributed by atoms with Gasteiger partial charge in [-0.05, 0) is 44.5 Å². The molecule has 0 bridgehead atoms. The van der Waals surface area contributed by atoms with Crippen LogP contribution in [0.4, 0.5) is 4.79 Å². The highest BCUT2D eigenvalue weighted by molar-refractivity contribution is 6.09. The summed E-state index contributed by atoms with van der Waals surface area (Å²) < 4.78 is 16.1. The van der Waals surface area contributed by atoms with Crippen LogP contribution in [0.1, 0.15) is 29.6 Å². The average Bonchev–Trinajstić information content (AvgIpc) is 3.33. The number of furan rings is 1. The zero-order valence-corrected chi connectivity index (χ0v) is 16.3. The predicted octanol–water partition coefficient (Wildman–Crippen LogP) is 1.71. The smallest absolute Gasteiger partial charge is 0.325 e. The van der Waals surface area contributed by atoms with E-state index in [1.54, 1.807) is 39.0 Å². The van der Waals surface area contributed by atoms with Crippen molar-refractivity contribution < 1.29 is 28.3 Å². The number of fused-ring (bicyclic) bond motifs is 1. The Morgan fingerprint density at radius 3 is 2.69 bits per heavy atom. The second kappa shape index (κ2) is 6.84. The molecule has 2 aliphatic heterocycles. The molecule has 9 heteroatoms. The average molecular weight is 399 g/mol. The monoisotopic (exact) mass is 399 g/mol. The van der Waals surface area contributed by atoms with Gasteiger partial charge in [0.1, 0.15) is 23.6 Å². The molecule has 29 heavy (non-hydrogen) atoms. The number of nitrogens with zero attached hydrogens (tertiary/aromatic N) is 1. The number of carbonyl (C=O) groups is 3. The maximum Gasteiger partial charge on any atom is 0.325 e. The summed E-state index contributed by atoms with van der Waals surface area (Å²) in [5.41, 5.74) is 0.127. The second-order valence-corrected chi connectivity index (χ2v) is 7.24. The Morgan fingerprint density at radius 2 is 1.97 bits per heavy atom. The van der Waals surface area contributed by atoms with Crippen molar-refractivity contribution in [3.63, 3.8) is 0 Å². The highest BCUT2D eigenvalue weighted by atomic mass is 16.7. The number of imide groups is 1. The topological polar surface area (TPSA) is 110 Å². The van der Waals surface area contributed by atoms with Gasteiger partial charge in [0.25, 0.3) is 5.91 Å². The van der Waals surface area contributed by atoms with Gasteiger partial charge in [0.05, 0.1) is 0 Å². The molecule has 0 aliphatic carbocycles. The number of nitrogens with one attached hydrogen (secondary N) is 2. The quantitative estimate of drug-likeness (QED) is 0.741. The van der Waals surface area contributed by atoms with Gasteiger partial charge in [0, 0.05) is 12.1 Å². The van der Waals surface area contributed by atoms with Crippen molar-refractivity contribution in [2.75, 3.05) is 13.3 Å². The van der Waals surface area contributed by atoms with Crippen molar-refractivity contribution in [1.29, 1.82) is 0 Å². The Kier molecular flexibility index (Phi) is 4.45. The molecule has 2 aliphatic rings. The standard InChI is InChI=1S/C20H21N3O6/c1-11-6-14(12(2)29-11)20(3)18(25)23(19(26)22-20)9-17(24)21-8-13-4-5-15-16(7-13)28-10-27-15/h4-7H,8-10H2,1-3H3,(H,21,24)(H,22,26). The lowest BCUT2D eigenvalue weighted by molar-refractivity contribution is -0.134. The van der Waals surface area contributed by atoms with Crippen LogP contribution < -0.4 is 20.1 Å². The first-order valence-electron chi connectivity index (χ1n) is 9.15. The van der Waals surface area contributed by atoms with Crippen LogP contribution in [-0.2, 0) is 21.7 Å². The van der Waals surface area contributed by atoms with Crippen LogP contribution in [0.5, 0.6) is 11.5 Å². The van der Waals surface area contributed by atoms with Gasteiger partial charge in [-0.1, -0.05) is 6.07 Å². The van der Waals surface area contributed by atoms with Gasteiger partial charge in [-0.25, -0.2) is 4.79 Å². The van der Waals surface area contributed by atoms with E-state index in [0.717, 1.165) is 10.5 Å². The van der Waals surface area contributed by atoms with Crippen LogP contribution in [0, 0.1) is 13.8 Å². The fourth-order valence-electron chi connectivity index (χ4n) is 3.60. The third-order valence-corrected chi connectivity index (χ3v) is 5.08. The number of hydrogen-bond donors (Lipinski definition) is 2. The zero-order chi connectivity index (χ0) is 20.8. The van der Waals surface area contributed by atoms with E-state index in [4.69, 9.17) is 13.9 Å². The number of rotatable bonds is 5. The second-order valence-electron chi connectivity index (χ2n) is 7.24. The molecule has 0 radical (unpaired) electrons. The first-order chi connectivity index (χ1) is 13.8. The van der Waals surface area contributed by atoms with Gasteiger partial charge in [0.15, 0.2) is 11.5 Å². The molecule has 0 spiro atoms. The van der Waals surface area contributed by atoms with Crippen LogP contribution in [0.15, 0.2) is 28.7 Å². The molecule has 9 nitrogen and oxygen atoms in total. The summed E-state index contributed by atoms with van der Waals surface area (Å²) in [6.45, 7) is 5.13. The lowest BCUT2D eigenvalue weighted by Gasteiger charge is -2.21. The molecule has 1 fully saturated rings. The van der Waals surface area contributed by atoms with Gasteiger partial charge in [0.2, 0.25) is 12.7 Å². The Bertz CT molecular complexity index is 1010. The van der Waals surface area contributed by atoms with Crippen LogP contribution in [-0.4, -0.2) is 36.1 Å². The van der Waals surface area contributed by atoms with E-state index in [2.05, 4.69) is 10.6 Å². The minimum absolute atomic E-state index is 0.172. The molecule has 4 rings (SSSR count). The van der Waals surface area contributed by atoms with Gasteiger partial charge in [-0.15, -0.1) is 0 Å². The third-order valence-electron chi connectivity index (χ3n) is 5.08. The van der Waals surface area contributed by atoms with Gasteiger partial charge in [-0.2, -0.15) is 0 Å². The molecule has 152 valence electrons. The van der Waals surface area contributed by atoms with Crippen LogP contribution in [0.25, 0.3) is 0 Å². The van der Waals surface area contributed by atoms with E-state index < -0.39 is 23.4 Å². The summed E-state index contributed by atoms with van der Waals surface area (Å²) in [6, 6.07) is 6.45. The van der Waals surface area contributed by atoms with E-state index in [-0.39, 0.29) is 19.9 Å². The molecule has 2 N–H and O–H groups in total. The number of benzene rings is 1. The molecule has 0 saturated carbocycles. The number of amides is 4. The fourth-order valence-corrected chi connectivity index (χ4v) is 3.60. The lowest BCUT2D eigenvalue weighted by Crippen LogP contribution is -2.43. The van der Waals surface area contributed by atoms with Crippen molar-refractivity contribution in [3.05, 3.63) is 46.9 Å². The normalized spacial score (nSPS) is 20.2. The largest absolute Gasteiger partial charge is 0.466 e. The molecule has 4 amide bonds. The van der Waals surface area contributed by atoms with Gasteiger partial charge in [-0.3, -0.25) is 14.5 Å². The lowest BCUT2D eigenvalue weighted by atomic mass is 9.92. The summed E-state index contributed by atoms with van der Waals surface area (Å²) in [6.07, 6.45) is 0. The molecule has 1 aromatic carbocycles. The molecule has 2 aromatic rings. The van der Waals surface area contributed by atoms with Crippen LogP contribution in [0.3, 0.4) is 0 Å². The molecule has 1 unspecified atom stereocenters. The van der Waals surface area contributed by atoms with Crippen LogP contribution >= 0.6 is 0 Å². The Morgan fingerprint density at radius 1 is 1.21 bits per heavy atom. The number of carbonyl (C=O) groups excluding carboxylic acids is 3. The summed E-state index contributed by atoms with van der Waals surface area (Å²) in [4.78, 5) is 38.6. The highest BCUT2D eigenvalue weighted by Crippen LogP contribution is 2.33. The molecular weight excluding hydrogens is 378 g/mol. The fraction of sp³-hybridized carbons (Fsp3) is 0.350. The van der Waals surface area contributed by atoms with E-state index in [1.807, 2.05) is 6.07 Å². The predicted molar refractivity (Wildman–Crippen MR) is 100 cm³/mol. The summed E-state index contributed by atoms with van der Waals surface area (Å²) in [7, 11) is 0. The van der Waals surface area contributed by atoms with Crippen molar-refractivity contribution in [2.24, 2.45) is 0 Å². The van der Waals surface area contributed by atoms with Crippen molar-refractivity contribution in [2.45, 2.75) is 32.9 Å². The first kappa shape index (κ1) is 18.9. The molecule has 1 saturated heterocycles. The maximum atomic E-state index is 12.9. The Hall–Kier alpha value is -3.49. The van der Waals surface area contributed by atoms with Crippen molar-refractivity contribution >= 4 is 17.8 Å².